The Morgan fingerprint density at radius 2 is 1.97 bits per heavy atom. The van der Waals surface area contributed by atoms with Crippen LogP contribution in [0.3, 0.4) is 0 Å². The second kappa shape index (κ2) is 10.0. The van der Waals surface area contributed by atoms with Crippen molar-refractivity contribution in [3.63, 3.8) is 0 Å². The molecule has 3 aromatic rings. The van der Waals surface area contributed by atoms with Crippen LogP contribution in [-0.2, 0) is 44.8 Å². The topological polar surface area (TPSA) is 93.5 Å². The number of carbonyl (C=O) groups is 1. The van der Waals surface area contributed by atoms with Crippen LogP contribution in [0.2, 0.25) is 0 Å². The number of sulfone groups is 1. The molecule has 176 valence electrons. The summed E-state index contributed by atoms with van der Waals surface area (Å²) in [6.45, 7) is 5.93. The van der Waals surface area contributed by atoms with Crippen LogP contribution in [-0.4, -0.2) is 60.8 Å². The highest BCUT2D eigenvalue weighted by Gasteiger charge is 2.18. The SMILES string of the molecule is CC1CN(Cc2cccc(CNC(=O)Cn3c(CS(C)(=O)=O)nc4ccccc43)c2)CCO1. The predicted octanol–water partition coefficient (Wildman–Crippen LogP) is 2.12. The lowest BCUT2D eigenvalue weighted by Gasteiger charge is -2.31. The van der Waals surface area contributed by atoms with Crippen LogP contribution in [0.25, 0.3) is 11.0 Å². The molecule has 1 aliphatic rings. The zero-order chi connectivity index (χ0) is 23.4. The van der Waals surface area contributed by atoms with E-state index in [9.17, 15) is 13.2 Å². The number of para-hydroxylation sites is 2. The molecule has 0 saturated carbocycles. The van der Waals surface area contributed by atoms with Crippen LogP contribution in [0.15, 0.2) is 48.5 Å². The number of amides is 1. The summed E-state index contributed by atoms with van der Waals surface area (Å²) in [5.41, 5.74) is 3.64. The monoisotopic (exact) mass is 470 g/mol. The molecule has 1 amide bonds. The molecule has 9 heteroatoms. The van der Waals surface area contributed by atoms with E-state index in [2.05, 4.69) is 34.3 Å². The van der Waals surface area contributed by atoms with Gasteiger partial charge in [0.05, 0.1) is 23.7 Å². The third kappa shape index (κ3) is 6.40. The minimum atomic E-state index is -3.29. The summed E-state index contributed by atoms with van der Waals surface area (Å²) in [5.74, 6) is -0.0344. The molecule has 4 rings (SSSR count). The van der Waals surface area contributed by atoms with Gasteiger partial charge in [0.1, 0.15) is 18.1 Å². The highest BCUT2D eigenvalue weighted by atomic mass is 32.2. The van der Waals surface area contributed by atoms with E-state index in [4.69, 9.17) is 4.74 Å². The first kappa shape index (κ1) is 23.4. The number of nitrogens with zero attached hydrogens (tertiary/aromatic N) is 3. The number of fused-ring (bicyclic) bond motifs is 1. The third-order valence-corrected chi connectivity index (χ3v) is 6.42. The van der Waals surface area contributed by atoms with Crippen molar-refractivity contribution in [2.75, 3.05) is 26.0 Å². The van der Waals surface area contributed by atoms with Gasteiger partial charge in [0.15, 0.2) is 9.84 Å². The summed E-state index contributed by atoms with van der Waals surface area (Å²) in [6, 6.07) is 15.6. The Kier molecular flexibility index (Phi) is 7.11. The molecule has 0 bridgehead atoms. The average molecular weight is 471 g/mol. The van der Waals surface area contributed by atoms with E-state index < -0.39 is 9.84 Å². The average Bonchev–Trinajstić information content (AvgIpc) is 3.08. The lowest BCUT2D eigenvalue weighted by Crippen LogP contribution is -2.40. The Bertz CT molecular complexity index is 1240. The fraction of sp³-hybridized carbons (Fsp3) is 0.417. The molecular formula is C24H30N4O4S. The number of hydrogen-bond donors (Lipinski definition) is 1. The first-order valence-electron chi connectivity index (χ1n) is 11.1. The number of ether oxygens (including phenoxy) is 1. The summed E-state index contributed by atoms with van der Waals surface area (Å²) < 4.78 is 31.0. The number of imidazole rings is 1. The maximum Gasteiger partial charge on any atom is 0.240 e. The highest BCUT2D eigenvalue weighted by Crippen LogP contribution is 2.18. The first-order valence-corrected chi connectivity index (χ1v) is 13.1. The Balaban J connectivity index is 1.41. The number of rotatable bonds is 8. The van der Waals surface area contributed by atoms with E-state index in [0.29, 0.717) is 17.9 Å². The fourth-order valence-corrected chi connectivity index (χ4v) is 4.87. The van der Waals surface area contributed by atoms with Crippen molar-refractivity contribution in [1.82, 2.24) is 19.8 Å². The Hall–Kier alpha value is -2.75. The zero-order valence-electron chi connectivity index (χ0n) is 19.0. The normalized spacial score (nSPS) is 17.3. The first-order chi connectivity index (χ1) is 15.8. The number of nitrogens with one attached hydrogen (secondary N) is 1. The second-order valence-electron chi connectivity index (χ2n) is 8.69. The summed E-state index contributed by atoms with van der Waals surface area (Å²) in [4.78, 5) is 19.6. The van der Waals surface area contributed by atoms with Crippen molar-refractivity contribution < 1.29 is 17.9 Å². The van der Waals surface area contributed by atoms with E-state index >= 15 is 0 Å². The van der Waals surface area contributed by atoms with Crippen LogP contribution < -0.4 is 5.32 Å². The van der Waals surface area contributed by atoms with Crippen molar-refractivity contribution in [2.24, 2.45) is 0 Å². The molecule has 0 radical (unpaired) electrons. The molecule has 8 nitrogen and oxygen atoms in total. The molecule has 33 heavy (non-hydrogen) atoms. The van der Waals surface area contributed by atoms with Crippen LogP contribution in [0.4, 0.5) is 0 Å². The molecule has 1 unspecified atom stereocenters. The highest BCUT2D eigenvalue weighted by molar-refractivity contribution is 7.89. The van der Waals surface area contributed by atoms with Gasteiger partial charge in [-0.15, -0.1) is 0 Å². The Labute approximate surface area is 194 Å². The van der Waals surface area contributed by atoms with Crippen LogP contribution >= 0.6 is 0 Å². The van der Waals surface area contributed by atoms with Crippen molar-refractivity contribution in [2.45, 2.75) is 38.4 Å². The van der Waals surface area contributed by atoms with Gasteiger partial charge in [-0.1, -0.05) is 36.4 Å². The number of aromatic nitrogens is 2. The molecule has 1 saturated heterocycles. The molecule has 1 atom stereocenters. The molecule has 1 aromatic heterocycles. The van der Waals surface area contributed by atoms with E-state index in [1.165, 1.54) is 11.8 Å². The van der Waals surface area contributed by atoms with Crippen molar-refractivity contribution >= 4 is 26.8 Å². The van der Waals surface area contributed by atoms with Gasteiger partial charge in [0.2, 0.25) is 5.91 Å². The second-order valence-corrected chi connectivity index (χ2v) is 10.8. The minimum absolute atomic E-state index is 0.0106. The third-order valence-electron chi connectivity index (χ3n) is 5.64. The Morgan fingerprint density at radius 1 is 1.18 bits per heavy atom. The lowest BCUT2D eigenvalue weighted by molar-refractivity contribution is -0.121. The number of hydrogen-bond acceptors (Lipinski definition) is 6. The van der Waals surface area contributed by atoms with Gasteiger partial charge < -0.3 is 14.6 Å². The van der Waals surface area contributed by atoms with Crippen molar-refractivity contribution in [3.8, 4) is 0 Å². The minimum Gasteiger partial charge on any atom is -0.376 e. The van der Waals surface area contributed by atoms with Crippen molar-refractivity contribution in [1.29, 1.82) is 0 Å². The molecule has 2 heterocycles. The van der Waals surface area contributed by atoms with Gasteiger partial charge in [-0.25, -0.2) is 13.4 Å². The van der Waals surface area contributed by atoms with Crippen LogP contribution in [0.5, 0.6) is 0 Å². The molecule has 2 aromatic carbocycles. The largest absolute Gasteiger partial charge is 0.376 e. The van der Waals surface area contributed by atoms with Crippen molar-refractivity contribution in [3.05, 3.63) is 65.5 Å². The van der Waals surface area contributed by atoms with Gasteiger partial charge in [0, 0.05) is 32.4 Å². The predicted molar refractivity (Wildman–Crippen MR) is 127 cm³/mol. The quantitative estimate of drug-likeness (QED) is 0.542. The Morgan fingerprint density at radius 3 is 2.76 bits per heavy atom. The zero-order valence-corrected chi connectivity index (χ0v) is 19.8. The van der Waals surface area contributed by atoms with Crippen LogP contribution in [0, 0.1) is 0 Å². The molecular weight excluding hydrogens is 440 g/mol. The van der Waals surface area contributed by atoms with Gasteiger partial charge in [-0.3, -0.25) is 9.69 Å². The van der Waals surface area contributed by atoms with E-state index in [0.717, 1.165) is 37.3 Å². The van der Waals surface area contributed by atoms with Gasteiger partial charge in [-0.05, 0) is 30.2 Å². The molecule has 1 fully saturated rings. The fourth-order valence-electron chi connectivity index (χ4n) is 4.18. The summed E-state index contributed by atoms with van der Waals surface area (Å²) in [7, 11) is -3.29. The maximum atomic E-state index is 12.8. The lowest BCUT2D eigenvalue weighted by atomic mass is 10.1. The smallest absolute Gasteiger partial charge is 0.240 e. The van der Waals surface area contributed by atoms with Gasteiger partial charge in [0.25, 0.3) is 0 Å². The summed E-state index contributed by atoms with van der Waals surface area (Å²) >= 11 is 0. The number of carbonyl (C=O) groups excluding carboxylic acids is 1. The van der Waals surface area contributed by atoms with Gasteiger partial charge >= 0.3 is 0 Å². The van der Waals surface area contributed by atoms with E-state index in [-0.39, 0.29) is 24.3 Å². The molecule has 1 N–H and O–H groups in total. The molecule has 0 aliphatic carbocycles. The van der Waals surface area contributed by atoms with Crippen LogP contribution in [0.1, 0.15) is 23.9 Å². The summed E-state index contributed by atoms with van der Waals surface area (Å²) in [6.07, 6.45) is 1.41. The van der Waals surface area contributed by atoms with E-state index in [1.54, 1.807) is 4.57 Å². The standard InChI is InChI=1S/C24H30N4O4S/c1-18-14-27(10-11-32-18)15-20-7-5-6-19(12-20)13-25-24(29)16-28-22-9-4-3-8-21(22)26-23(28)17-33(2,30)31/h3-9,12,18H,10-11,13-17H2,1-2H3,(H,25,29). The maximum absolute atomic E-state index is 12.8. The van der Waals surface area contributed by atoms with E-state index in [1.807, 2.05) is 36.4 Å². The summed E-state index contributed by atoms with van der Waals surface area (Å²) in [5, 5.41) is 2.96. The van der Waals surface area contributed by atoms with Gasteiger partial charge in [-0.2, -0.15) is 0 Å². The molecule has 0 spiro atoms. The molecule has 1 aliphatic heterocycles. The number of morpholine rings is 1. The number of benzene rings is 2.